The molecule has 0 aromatic rings. The van der Waals surface area contributed by atoms with E-state index in [1.807, 2.05) is 0 Å². The van der Waals surface area contributed by atoms with Gasteiger partial charge in [-0.1, -0.05) is 27.2 Å². The average molecular weight is 213 g/mol. The fourth-order valence-corrected chi connectivity index (χ4v) is 2.84. The second-order valence-corrected chi connectivity index (χ2v) is 5.80. The molecule has 1 aliphatic carbocycles. The van der Waals surface area contributed by atoms with Crippen molar-refractivity contribution in [2.75, 3.05) is 13.2 Å². The maximum absolute atomic E-state index is 9.19. The van der Waals surface area contributed by atoms with E-state index in [0.717, 1.165) is 13.0 Å². The van der Waals surface area contributed by atoms with Crippen molar-refractivity contribution in [3.8, 4) is 0 Å². The quantitative estimate of drug-likeness (QED) is 0.704. The second-order valence-electron chi connectivity index (χ2n) is 5.80. The maximum Gasteiger partial charge on any atom is 0.0448 e. The third kappa shape index (κ3) is 3.76. The topological polar surface area (TPSA) is 32.3 Å². The highest BCUT2D eigenvalue weighted by molar-refractivity contribution is 4.92. The van der Waals surface area contributed by atoms with Crippen molar-refractivity contribution >= 4 is 0 Å². The van der Waals surface area contributed by atoms with Crippen LogP contribution in [0, 0.1) is 5.41 Å². The molecule has 1 atom stereocenters. The lowest BCUT2D eigenvalue weighted by molar-refractivity contribution is 0.188. The lowest BCUT2D eigenvalue weighted by Gasteiger charge is -2.34. The Morgan fingerprint density at radius 3 is 2.47 bits per heavy atom. The fourth-order valence-electron chi connectivity index (χ4n) is 2.84. The molecule has 2 heteroatoms. The Morgan fingerprint density at radius 2 is 1.87 bits per heavy atom. The second kappa shape index (κ2) is 5.31. The van der Waals surface area contributed by atoms with Gasteiger partial charge in [0.25, 0.3) is 0 Å². The molecule has 0 bridgehead atoms. The van der Waals surface area contributed by atoms with Crippen LogP contribution in [0.4, 0.5) is 0 Å². The van der Waals surface area contributed by atoms with Gasteiger partial charge in [-0.05, 0) is 44.1 Å². The first-order valence-electron chi connectivity index (χ1n) is 6.39. The Balaban J connectivity index is 2.63. The van der Waals surface area contributed by atoms with Crippen molar-refractivity contribution in [2.45, 2.75) is 64.8 Å². The summed E-state index contributed by atoms with van der Waals surface area (Å²) in [5.74, 6) is 0. The molecule has 1 fully saturated rings. The summed E-state index contributed by atoms with van der Waals surface area (Å²) in [5, 5.41) is 12.8. The molecule has 0 spiro atoms. The highest BCUT2D eigenvalue weighted by Crippen LogP contribution is 2.39. The van der Waals surface area contributed by atoms with Gasteiger partial charge >= 0.3 is 0 Å². The van der Waals surface area contributed by atoms with Crippen LogP contribution < -0.4 is 5.32 Å². The number of nitrogens with one attached hydrogen (secondary N) is 1. The molecule has 15 heavy (non-hydrogen) atoms. The molecule has 0 aromatic carbocycles. The van der Waals surface area contributed by atoms with Gasteiger partial charge in [-0.2, -0.15) is 0 Å². The molecule has 1 rings (SSSR count). The molecule has 0 heterocycles. The molecule has 0 aromatic heterocycles. The first-order chi connectivity index (χ1) is 7.04. The van der Waals surface area contributed by atoms with E-state index in [1.54, 1.807) is 0 Å². The van der Waals surface area contributed by atoms with Gasteiger partial charge in [0.15, 0.2) is 0 Å². The van der Waals surface area contributed by atoms with Gasteiger partial charge < -0.3 is 10.4 Å². The molecular weight excluding hydrogens is 186 g/mol. The molecule has 2 nitrogen and oxygen atoms in total. The predicted molar refractivity (Wildman–Crippen MR) is 65.0 cm³/mol. The van der Waals surface area contributed by atoms with Crippen LogP contribution in [0.5, 0.6) is 0 Å². The van der Waals surface area contributed by atoms with Crippen molar-refractivity contribution in [2.24, 2.45) is 5.41 Å². The zero-order valence-electron chi connectivity index (χ0n) is 10.6. The number of hydrogen-bond donors (Lipinski definition) is 2. The van der Waals surface area contributed by atoms with E-state index in [4.69, 9.17) is 0 Å². The molecule has 1 unspecified atom stereocenters. The van der Waals surface area contributed by atoms with Gasteiger partial charge in [0.1, 0.15) is 0 Å². The van der Waals surface area contributed by atoms with Crippen molar-refractivity contribution in [1.29, 1.82) is 0 Å². The lowest BCUT2D eigenvalue weighted by Crippen LogP contribution is -2.45. The van der Waals surface area contributed by atoms with Gasteiger partial charge in [-0.3, -0.25) is 0 Å². The first-order valence-corrected chi connectivity index (χ1v) is 6.39. The number of hydrogen-bond acceptors (Lipinski definition) is 2. The standard InChI is InChI=1S/C13H27NO/c1-4-14-13(10-11-15)7-5-6-12(2,3)8-9-13/h14-15H,4-11H2,1-3H3. The molecule has 90 valence electrons. The van der Waals surface area contributed by atoms with Crippen LogP contribution >= 0.6 is 0 Å². The minimum Gasteiger partial charge on any atom is -0.396 e. The van der Waals surface area contributed by atoms with Crippen LogP contribution in [0.3, 0.4) is 0 Å². The zero-order chi connectivity index (χ0) is 11.4. The number of rotatable bonds is 4. The Hall–Kier alpha value is -0.0800. The monoisotopic (exact) mass is 213 g/mol. The van der Waals surface area contributed by atoms with E-state index in [-0.39, 0.29) is 5.54 Å². The molecule has 0 radical (unpaired) electrons. The summed E-state index contributed by atoms with van der Waals surface area (Å²) in [4.78, 5) is 0. The van der Waals surface area contributed by atoms with E-state index in [0.29, 0.717) is 12.0 Å². The molecule has 1 aliphatic rings. The fraction of sp³-hybridized carbons (Fsp3) is 1.00. The largest absolute Gasteiger partial charge is 0.396 e. The van der Waals surface area contributed by atoms with E-state index in [2.05, 4.69) is 26.1 Å². The van der Waals surface area contributed by atoms with Crippen molar-refractivity contribution < 1.29 is 5.11 Å². The van der Waals surface area contributed by atoms with Gasteiger partial charge in [0.05, 0.1) is 0 Å². The Morgan fingerprint density at radius 1 is 1.13 bits per heavy atom. The van der Waals surface area contributed by atoms with Gasteiger partial charge in [-0.15, -0.1) is 0 Å². The van der Waals surface area contributed by atoms with E-state index < -0.39 is 0 Å². The summed E-state index contributed by atoms with van der Waals surface area (Å²) in [6.07, 6.45) is 7.25. The molecule has 1 saturated carbocycles. The van der Waals surface area contributed by atoms with Crippen LogP contribution in [0.15, 0.2) is 0 Å². The highest BCUT2D eigenvalue weighted by atomic mass is 16.3. The van der Waals surface area contributed by atoms with Crippen LogP contribution in [-0.4, -0.2) is 23.8 Å². The summed E-state index contributed by atoms with van der Waals surface area (Å²) in [6.45, 7) is 8.23. The summed E-state index contributed by atoms with van der Waals surface area (Å²) < 4.78 is 0. The molecule has 0 aliphatic heterocycles. The zero-order valence-corrected chi connectivity index (χ0v) is 10.6. The normalized spacial score (nSPS) is 31.2. The first kappa shape index (κ1) is 13.0. The van der Waals surface area contributed by atoms with Crippen molar-refractivity contribution in [3.05, 3.63) is 0 Å². The van der Waals surface area contributed by atoms with E-state index >= 15 is 0 Å². The molecule has 2 N–H and O–H groups in total. The van der Waals surface area contributed by atoms with Gasteiger partial charge in [0.2, 0.25) is 0 Å². The van der Waals surface area contributed by atoms with Crippen LogP contribution in [0.25, 0.3) is 0 Å². The SMILES string of the molecule is CCNC1(CCO)CCCC(C)(C)CC1. The van der Waals surface area contributed by atoms with Crippen LogP contribution in [0.1, 0.15) is 59.3 Å². The van der Waals surface area contributed by atoms with Crippen LogP contribution in [0.2, 0.25) is 0 Å². The Labute approximate surface area is 94.5 Å². The van der Waals surface area contributed by atoms with Crippen LogP contribution in [-0.2, 0) is 0 Å². The highest BCUT2D eigenvalue weighted by Gasteiger charge is 2.34. The minimum atomic E-state index is 0.220. The molecule has 0 saturated heterocycles. The Bertz CT molecular complexity index is 183. The van der Waals surface area contributed by atoms with Crippen molar-refractivity contribution in [1.82, 2.24) is 5.32 Å². The van der Waals surface area contributed by atoms with E-state index in [9.17, 15) is 5.11 Å². The summed E-state index contributed by atoms with van der Waals surface area (Å²) in [7, 11) is 0. The smallest absolute Gasteiger partial charge is 0.0448 e. The van der Waals surface area contributed by atoms with Gasteiger partial charge in [-0.25, -0.2) is 0 Å². The number of aliphatic hydroxyl groups excluding tert-OH is 1. The third-order valence-corrected chi connectivity index (χ3v) is 3.93. The number of aliphatic hydroxyl groups is 1. The molecular formula is C13H27NO. The predicted octanol–water partition coefficient (Wildman–Crippen LogP) is 2.71. The average Bonchev–Trinajstić information content (AvgIpc) is 2.28. The third-order valence-electron chi connectivity index (χ3n) is 3.93. The summed E-state index contributed by atoms with van der Waals surface area (Å²) in [5.41, 5.74) is 0.712. The molecule has 0 amide bonds. The Kier molecular flexibility index (Phi) is 4.60. The van der Waals surface area contributed by atoms with Crippen molar-refractivity contribution in [3.63, 3.8) is 0 Å². The summed E-state index contributed by atoms with van der Waals surface area (Å²) in [6, 6.07) is 0. The minimum absolute atomic E-state index is 0.220. The van der Waals surface area contributed by atoms with E-state index in [1.165, 1.54) is 32.1 Å². The summed E-state index contributed by atoms with van der Waals surface area (Å²) >= 11 is 0. The maximum atomic E-state index is 9.19. The lowest BCUT2D eigenvalue weighted by atomic mass is 9.82. The van der Waals surface area contributed by atoms with Gasteiger partial charge in [0, 0.05) is 12.1 Å².